The number of cyclic esters (lactones) is 1. The summed E-state index contributed by atoms with van der Waals surface area (Å²) in [4.78, 5) is 55.0. The molecule has 1 aliphatic carbocycles. The summed E-state index contributed by atoms with van der Waals surface area (Å²) in [6, 6.07) is 9.62. The van der Waals surface area contributed by atoms with Gasteiger partial charge >= 0.3 is 17.9 Å². The smallest absolute Gasteiger partial charge is 0.329 e. The van der Waals surface area contributed by atoms with E-state index in [2.05, 4.69) is 10.3 Å². The summed E-state index contributed by atoms with van der Waals surface area (Å²) in [5.41, 5.74) is -0.166. The van der Waals surface area contributed by atoms with Crippen LogP contribution in [0.5, 0.6) is 17.2 Å². The molecule has 0 bridgehead atoms. The molecule has 4 rings (SSSR count). The van der Waals surface area contributed by atoms with Gasteiger partial charge < -0.3 is 33.7 Å². The Balaban J connectivity index is 1.52. The van der Waals surface area contributed by atoms with Crippen molar-refractivity contribution < 1.29 is 47.6 Å². The molecule has 4 atom stereocenters. The van der Waals surface area contributed by atoms with Gasteiger partial charge in [0.05, 0.1) is 13.0 Å². The number of carbonyl (C=O) groups is 4. The maximum Gasteiger partial charge on any atom is 0.329 e. The monoisotopic (exact) mass is 598 g/mol. The first-order chi connectivity index (χ1) is 20.8. The van der Waals surface area contributed by atoms with E-state index in [0.717, 1.165) is 25.7 Å². The Labute approximate surface area is 250 Å². The zero-order valence-corrected chi connectivity index (χ0v) is 24.6. The SMILES string of the molecule is COc1ccnc(C(=O)N[C@H]2CCC[C@H](Oc3ccccc3)[C@@H](OC(=O)C3CCCC3)[C@H](C)OC2=O)c1OCOC(C)=O. The van der Waals surface area contributed by atoms with Gasteiger partial charge in [0.25, 0.3) is 5.91 Å². The van der Waals surface area contributed by atoms with Gasteiger partial charge in [-0.15, -0.1) is 0 Å². The lowest BCUT2D eigenvalue weighted by Crippen LogP contribution is -2.47. The van der Waals surface area contributed by atoms with E-state index in [-0.39, 0.29) is 35.5 Å². The number of methoxy groups -OCH3 is 1. The summed E-state index contributed by atoms with van der Waals surface area (Å²) < 4.78 is 33.6. The summed E-state index contributed by atoms with van der Waals surface area (Å²) in [5.74, 6) is -1.75. The zero-order valence-electron chi connectivity index (χ0n) is 24.6. The number of aromatic nitrogens is 1. The average molecular weight is 599 g/mol. The van der Waals surface area contributed by atoms with Crippen molar-refractivity contribution in [1.29, 1.82) is 0 Å². The number of rotatable bonds is 10. The van der Waals surface area contributed by atoms with Gasteiger partial charge in [-0.05, 0) is 51.2 Å². The highest BCUT2D eigenvalue weighted by atomic mass is 16.7. The number of nitrogens with zero attached hydrogens (tertiary/aromatic N) is 1. The normalized spacial score (nSPS) is 22.6. The van der Waals surface area contributed by atoms with Crippen molar-refractivity contribution in [3.8, 4) is 17.2 Å². The van der Waals surface area contributed by atoms with Crippen molar-refractivity contribution in [3.05, 3.63) is 48.3 Å². The van der Waals surface area contributed by atoms with Gasteiger partial charge in [-0.2, -0.15) is 0 Å². The van der Waals surface area contributed by atoms with E-state index in [1.807, 2.05) is 30.3 Å². The second-order valence-electron chi connectivity index (χ2n) is 10.5. The van der Waals surface area contributed by atoms with Crippen LogP contribution in [-0.4, -0.2) is 67.1 Å². The third kappa shape index (κ3) is 8.59. The quantitative estimate of drug-likeness (QED) is 0.242. The molecule has 43 heavy (non-hydrogen) atoms. The van der Waals surface area contributed by atoms with Crippen LogP contribution < -0.4 is 19.5 Å². The fourth-order valence-electron chi connectivity index (χ4n) is 5.22. The largest absolute Gasteiger partial charge is 0.493 e. The zero-order chi connectivity index (χ0) is 30.8. The Morgan fingerprint density at radius 2 is 1.77 bits per heavy atom. The molecule has 2 heterocycles. The molecule has 1 saturated carbocycles. The van der Waals surface area contributed by atoms with Crippen LogP contribution in [0.4, 0.5) is 0 Å². The van der Waals surface area contributed by atoms with Crippen LogP contribution in [-0.2, 0) is 28.6 Å². The molecule has 2 fully saturated rings. The summed E-state index contributed by atoms with van der Waals surface area (Å²) >= 11 is 0. The van der Waals surface area contributed by atoms with Crippen molar-refractivity contribution >= 4 is 23.8 Å². The van der Waals surface area contributed by atoms with Crippen LogP contribution >= 0.6 is 0 Å². The Bertz CT molecular complexity index is 1260. The molecule has 2 aliphatic rings. The molecule has 1 aliphatic heterocycles. The fourth-order valence-corrected chi connectivity index (χ4v) is 5.22. The van der Waals surface area contributed by atoms with Crippen LogP contribution in [0.3, 0.4) is 0 Å². The molecule has 0 spiro atoms. The summed E-state index contributed by atoms with van der Waals surface area (Å²) in [7, 11) is 1.39. The first kappa shape index (κ1) is 31.6. The van der Waals surface area contributed by atoms with Gasteiger partial charge in [-0.25, -0.2) is 9.78 Å². The lowest BCUT2D eigenvalue weighted by molar-refractivity contribution is -0.177. The minimum Gasteiger partial charge on any atom is -0.493 e. The van der Waals surface area contributed by atoms with Crippen LogP contribution in [0.25, 0.3) is 0 Å². The van der Waals surface area contributed by atoms with Crippen molar-refractivity contribution in [2.75, 3.05) is 13.9 Å². The molecular weight excluding hydrogens is 560 g/mol. The van der Waals surface area contributed by atoms with E-state index < -0.39 is 49.0 Å². The third-order valence-electron chi connectivity index (χ3n) is 7.44. The standard InChI is InChI=1S/C31H38N2O10/c1-19-27(43-30(36)21-10-7-8-11-21)25(42-22-12-5-4-6-13-22)15-9-14-23(31(37)41-19)33-29(35)26-28(40-18-39-20(2)34)24(38-3)16-17-32-26/h4-6,12-13,16-17,19,21,23,25,27H,7-11,14-15,18H2,1-3H3,(H,33,35)/t19-,23-,25-,27-/m0/s1. The number of pyridine rings is 1. The van der Waals surface area contributed by atoms with Crippen molar-refractivity contribution in [3.63, 3.8) is 0 Å². The van der Waals surface area contributed by atoms with E-state index in [0.29, 0.717) is 18.6 Å². The van der Waals surface area contributed by atoms with Gasteiger partial charge in [0.2, 0.25) is 6.79 Å². The number of carbonyl (C=O) groups excluding carboxylic acids is 4. The lowest BCUT2D eigenvalue weighted by Gasteiger charge is -2.31. The fraction of sp³-hybridized carbons (Fsp3) is 0.516. The van der Waals surface area contributed by atoms with Gasteiger partial charge in [0, 0.05) is 19.2 Å². The first-order valence-corrected chi connectivity index (χ1v) is 14.5. The molecule has 1 aromatic carbocycles. The Hall–Kier alpha value is -4.35. The third-order valence-corrected chi connectivity index (χ3v) is 7.44. The predicted octanol–water partition coefficient (Wildman–Crippen LogP) is 3.75. The Morgan fingerprint density at radius 3 is 2.47 bits per heavy atom. The topological polar surface area (TPSA) is 149 Å². The number of hydrogen-bond donors (Lipinski definition) is 1. The molecule has 1 aromatic heterocycles. The average Bonchev–Trinajstić information content (AvgIpc) is 3.55. The van der Waals surface area contributed by atoms with Crippen molar-refractivity contribution in [2.24, 2.45) is 5.92 Å². The number of benzene rings is 1. The molecule has 2 aromatic rings. The van der Waals surface area contributed by atoms with Crippen LogP contribution in [0.1, 0.15) is 69.3 Å². The summed E-state index contributed by atoms with van der Waals surface area (Å²) in [5, 5.41) is 2.69. The molecule has 232 valence electrons. The molecular formula is C31H38N2O10. The van der Waals surface area contributed by atoms with E-state index in [4.69, 9.17) is 28.4 Å². The number of amides is 1. The molecule has 12 nitrogen and oxygen atoms in total. The van der Waals surface area contributed by atoms with Crippen LogP contribution in [0, 0.1) is 5.92 Å². The van der Waals surface area contributed by atoms with Gasteiger partial charge in [-0.1, -0.05) is 31.0 Å². The maximum absolute atomic E-state index is 13.4. The van der Waals surface area contributed by atoms with E-state index >= 15 is 0 Å². The van der Waals surface area contributed by atoms with Gasteiger partial charge in [0.1, 0.15) is 24.0 Å². The number of esters is 3. The molecule has 0 radical (unpaired) electrons. The second kappa shape index (κ2) is 15.2. The van der Waals surface area contributed by atoms with Crippen molar-refractivity contribution in [1.82, 2.24) is 10.3 Å². The molecule has 1 N–H and O–H groups in total. The summed E-state index contributed by atoms with van der Waals surface area (Å²) in [6.07, 6.45) is 3.63. The Morgan fingerprint density at radius 1 is 1.02 bits per heavy atom. The minimum absolute atomic E-state index is 0.0521. The van der Waals surface area contributed by atoms with Crippen LogP contribution in [0.15, 0.2) is 42.6 Å². The van der Waals surface area contributed by atoms with Gasteiger partial charge in [0.15, 0.2) is 23.3 Å². The minimum atomic E-state index is -1.04. The molecule has 0 unspecified atom stereocenters. The predicted molar refractivity (Wildman–Crippen MR) is 151 cm³/mol. The highest BCUT2D eigenvalue weighted by Crippen LogP contribution is 2.31. The van der Waals surface area contributed by atoms with Crippen molar-refractivity contribution in [2.45, 2.75) is 83.1 Å². The number of nitrogens with one attached hydrogen (secondary N) is 1. The maximum atomic E-state index is 13.4. The highest BCUT2D eigenvalue weighted by molar-refractivity contribution is 5.98. The number of ether oxygens (including phenoxy) is 6. The molecule has 12 heteroatoms. The van der Waals surface area contributed by atoms with E-state index in [1.165, 1.54) is 26.3 Å². The first-order valence-electron chi connectivity index (χ1n) is 14.5. The Kier molecular flexibility index (Phi) is 11.2. The molecule has 1 amide bonds. The summed E-state index contributed by atoms with van der Waals surface area (Å²) in [6.45, 7) is 2.40. The van der Waals surface area contributed by atoms with Gasteiger partial charge in [-0.3, -0.25) is 14.4 Å². The van der Waals surface area contributed by atoms with E-state index in [9.17, 15) is 19.2 Å². The lowest BCUT2D eigenvalue weighted by atomic mass is 10.0. The van der Waals surface area contributed by atoms with E-state index in [1.54, 1.807) is 6.92 Å². The number of hydrogen-bond acceptors (Lipinski definition) is 11. The van der Waals surface area contributed by atoms with Crippen LogP contribution in [0.2, 0.25) is 0 Å². The number of para-hydroxylation sites is 1. The highest BCUT2D eigenvalue weighted by Gasteiger charge is 2.40. The second-order valence-corrected chi connectivity index (χ2v) is 10.5. The molecule has 1 saturated heterocycles.